The summed E-state index contributed by atoms with van der Waals surface area (Å²) in [6.07, 6.45) is 4.60. The predicted octanol–water partition coefficient (Wildman–Crippen LogP) is 2.32. The van der Waals surface area contributed by atoms with E-state index in [2.05, 4.69) is 26.9 Å². The molecule has 7 heteroatoms. The highest BCUT2D eigenvalue weighted by Crippen LogP contribution is 2.29. The van der Waals surface area contributed by atoms with E-state index in [-0.39, 0.29) is 5.56 Å². The summed E-state index contributed by atoms with van der Waals surface area (Å²) >= 11 is 7.33. The lowest BCUT2D eigenvalue weighted by Gasteiger charge is -2.07. The highest BCUT2D eigenvalue weighted by atomic mass is 35.5. The van der Waals surface area contributed by atoms with Crippen molar-refractivity contribution in [3.63, 3.8) is 0 Å². The second kappa shape index (κ2) is 5.97. The minimum Gasteiger partial charge on any atom is -0.301 e. The van der Waals surface area contributed by atoms with Gasteiger partial charge >= 0.3 is 0 Å². The number of hydrogen-bond acceptors (Lipinski definition) is 5. The average molecular weight is 283 g/mol. The Bertz CT molecular complexity index is 602. The molecule has 2 aromatic heterocycles. The number of aromatic nitrogens is 4. The molecule has 0 unspecified atom stereocenters. The third-order valence-electron chi connectivity index (χ3n) is 2.19. The molecular formula is C11H11ClN4OS. The third kappa shape index (κ3) is 3.08. The number of halogens is 1. The molecule has 0 aliphatic rings. The Morgan fingerprint density at radius 2 is 2.22 bits per heavy atom. The molecule has 94 valence electrons. The van der Waals surface area contributed by atoms with Crippen molar-refractivity contribution >= 4 is 23.4 Å². The van der Waals surface area contributed by atoms with Gasteiger partial charge < -0.3 is 4.98 Å². The van der Waals surface area contributed by atoms with E-state index < -0.39 is 0 Å². The molecule has 1 N–H and O–H groups in total. The van der Waals surface area contributed by atoms with Crippen LogP contribution in [0.4, 0.5) is 0 Å². The minimum absolute atomic E-state index is 0.190. The van der Waals surface area contributed by atoms with Crippen molar-refractivity contribution in [3.8, 4) is 0 Å². The standard InChI is InChI=1S/C11H11ClN4OS/c1-2-3-7-9(12)14-6-15-10(7)18-11-13-5-4-8(17)16-11/h4-6H,2-3H2,1H3,(H,13,16,17). The maximum absolute atomic E-state index is 11.2. The number of rotatable bonds is 4. The summed E-state index contributed by atoms with van der Waals surface area (Å²) < 4.78 is 0. The summed E-state index contributed by atoms with van der Waals surface area (Å²) in [5, 5.41) is 1.67. The molecule has 0 aromatic carbocycles. The topological polar surface area (TPSA) is 71.5 Å². The van der Waals surface area contributed by atoms with Crippen molar-refractivity contribution in [1.29, 1.82) is 0 Å². The lowest BCUT2D eigenvalue weighted by atomic mass is 10.2. The molecule has 0 bridgehead atoms. The molecular weight excluding hydrogens is 272 g/mol. The first-order valence-corrected chi connectivity index (χ1v) is 6.62. The molecule has 2 aromatic rings. The molecule has 0 amide bonds. The molecule has 5 nitrogen and oxygen atoms in total. The van der Waals surface area contributed by atoms with E-state index in [9.17, 15) is 4.79 Å². The highest BCUT2D eigenvalue weighted by molar-refractivity contribution is 7.99. The minimum atomic E-state index is -0.190. The second-order valence-corrected chi connectivity index (χ2v) is 4.88. The molecule has 2 heterocycles. The number of H-pyrrole nitrogens is 1. The molecule has 0 saturated heterocycles. The largest absolute Gasteiger partial charge is 0.301 e. The highest BCUT2D eigenvalue weighted by Gasteiger charge is 2.11. The van der Waals surface area contributed by atoms with E-state index >= 15 is 0 Å². The van der Waals surface area contributed by atoms with Gasteiger partial charge in [0, 0.05) is 17.8 Å². The van der Waals surface area contributed by atoms with Crippen LogP contribution in [0.5, 0.6) is 0 Å². The zero-order chi connectivity index (χ0) is 13.0. The predicted molar refractivity (Wildman–Crippen MR) is 70.0 cm³/mol. The van der Waals surface area contributed by atoms with Crippen molar-refractivity contribution in [2.45, 2.75) is 29.9 Å². The van der Waals surface area contributed by atoms with Gasteiger partial charge in [0.25, 0.3) is 5.56 Å². The number of nitrogens with zero attached hydrogens (tertiary/aromatic N) is 3. The van der Waals surface area contributed by atoms with Gasteiger partial charge in [-0.25, -0.2) is 15.0 Å². The van der Waals surface area contributed by atoms with Crippen LogP contribution in [0.25, 0.3) is 0 Å². The third-order valence-corrected chi connectivity index (χ3v) is 3.47. The van der Waals surface area contributed by atoms with E-state index in [1.54, 1.807) is 0 Å². The summed E-state index contributed by atoms with van der Waals surface area (Å²) in [6, 6.07) is 1.37. The lowest BCUT2D eigenvalue weighted by Crippen LogP contribution is -2.05. The van der Waals surface area contributed by atoms with Crippen LogP contribution in [0.3, 0.4) is 0 Å². The number of aromatic amines is 1. The summed E-state index contributed by atoms with van der Waals surface area (Å²) in [6.45, 7) is 2.06. The molecule has 0 saturated carbocycles. The van der Waals surface area contributed by atoms with Gasteiger partial charge in [-0.15, -0.1) is 0 Å². The van der Waals surface area contributed by atoms with Crippen LogP contribution in [0.2, 0.25) is 5.15 Å². The van der Waals surface area contributed by atoms with Crippen LogP contribution in [-0.2, 0) is 6.42 Å². The van der Waals surface area contributed by atoms with Crippen molar-refractivity contribution in [2.75, 3.05) is 0 Å². The first-order valence-electron chi connectivity index (χ1n) is 5.43. The van der Waals surface area contributed by atoms with Gasteiger partial charge in [0.15, 0.2) is 5.16 Å². The molecule has 0 radical (unpaired) electrons. The van der Waals surface area contributed by atoms with Crippen molar-refractivity contribution < 1.29 is 0 Å². The normalized spacial score (nSPS) is 10.6. The smallest absolute Gasteiger partial charge is 0.251 e. The van der Waals surface area contributed by atoms with Crippen LogP contribution >= 0.6 is 23.4 Å². The molecule has 0 aliphatic carbocycles. The lowest BCUT2D eigenvalue weighted by molar-refractivity contribution is 0.850. The van der Waals surface area contributed by atoms with E-state index in [4.69, 9.17) is 11.6 Å². The van der Waals surface area contributed by atoms with Crippen LogP contribution in [0.1, 0.15) is 18.9 Å². The molecule has 0 fully saturated rings. The van der Waals surface area contributed by atoms with Crippen LogP contribution in [0.15, 0.2) is 33.6 Å². The van der Waals surface area contributed by atoms with Gasteiger partial charge in [0.1, 0.15) is 16.5 Å². The Hall–Kier alpha value is -1.40. The first-order chi connectivity index (χ1) is 8.70. The van der Waals surface area contributed by atoms with Gasteiger partial charge in [0.05, 0.1) is 0 Å². The Labute approximate surface area is 113 Å². The second-order valence-electron chi connectivity index (χ2n) is 3.54. The van der Waals surface area contributed by atoms with Crippen LogP contribution < -0.4 is 5.56 Å². The van der Waals surface area contributed by atoms with Gasteiger partial charge in [-0.3, -0.25) is 4.79 Å². The zero-order valence-electron chi connectivity index (χ0n) is 9.68. The summed E-state index contributed by atoms with van der Waals surface area (Å²) in [4.78, 5) is 26.1. The fourth-order valence-electron chi connectivity index (χ4n) is 1.42. The fourth-order valence-corrected chi connectivity index (χ4v) is 2.57. The van der Waals surface area contributed by atoms with Gasteiger partial charge in [-0.05, 0) is 18.2 Å². The molecule has 0 atom stereocenters. The molecule has 2 rings (SSSR count). The molecule has 18 heavy (non-hydrogen) atoms. The maximum Gasteiger partial charge on any atom is 0.251 e. The quantitative estimate of drug-likeness (QED) is 0.688. The monoisotopic (exact) mass is 282 g/mol. The number of hydrogen-bond donors (Lipinski definition) is 1. The Balaban J connectivity index is 2.34. The van der Waals surface area contributed by atoms with E-state index in [1.807, 2.05) is 0 Å². The van der Waals surface area contributed by atoms with Crippen LogP contribution in [-0.4, -0.2) is 19.9 Å². The van der Waals surface area contributed by atoms with Gasteiger partial charge in [-0.1, -0.05) is 24.9 Å². The Kier molecular flexibility index (Phi) is 4.33. The molecule has 0 aliphatic heterocycles. The van der Waals surface area contributed by atoms with E-state index in [1.165, 1.54) is 30.4 Å². The fraction of sp³-hybridized carbons (Fsp3) is 0.273. The SMILES string of the molecule is CCCc1c(Cl)ncnc1Sc1nccc(=O)[nH]1. The summed E-state index contributed by atoms with van der Waals surface area (Å²) in [5.74, 6) is 0. The van der Waals surface area contributed by atoms with Gasteiger partial charge in [-0.2, -0.15) is 0 Å². The van der Waals surface area contributed by atoms with E-state index in [0.717, 1.165) is 23.4 Å². The molecule has 0 spiro atoms. The van der Waals surface area contributed by atoms with Crippen molar-refractivity contribution in [2.24, 2.45) is 0 Å². The zero-order valence-corrected chi connectivity index (χ0v) is 11.3. The van der Waals surface area contributed by atoms with E-state index in [0.29, 0.717) is 10.3 Å². The Morgan fingerprint density at radius 3 is 2.94 bits per heavy atom. The Morgan fingerprint density at radius 1 is 1.39 bits per heavy atom. The van der Waals surface area contributed by atoms with Crippen molar-refractivity contribution in [3.05, 3.63) is 39.7 Å². The summed E-state index contributed by atoms with van der Waals surface area (Å²) in [5.41, 5.74) is 0.697. The van der Waals surface area contributed by atoms with Crippen molar-refractivity contribution in [1.82, 2.24) is 19.9 Å². The first kappa shape index (κ1) is 13.0. The average Bonchev–Trinajstić information content (AvgIpc) is 2.34. The van der Waals surface area contributed by atoms with Crippen LogP contribution in [0, 0.1) is 0 Å². The maximum atomic E-state index is 11.2. The summed E-state index contributed by atoms with van der Waals surface area (Å²) in [7, 11) is 0. The van der Waals surface area contributed by atoms with Gasteiger partial charge in [0.2, 0.25) is 0 Å². The number of nitrogens with one attached hydrogen (secondary N) is 1.